The highest BCUT2D eigenvalue weighted by atomic mass is 16.5. The third-order valence-electron chi connectivity index (χ3n) is 6.14. The molecule has 10 nitrogen and oxygen atoms in total. The van der Waals surface area contributed by atoms with E-state index in [9.17, 15) is 0 Å². The van der Waals surface area contributed by atoms with Gasteiger partial charge in [-0.1, -0.05) is 35.5 Å². The number of nitrogens with zero attached hydrogens (tertiary/aromatic N) is 4. The summed E-state index contributed by atoms with van der Waals surface area (Å²) in [4.78, 5) is 6.34. The first-order valence-corrected chi connectivity index (χ1v) is 12.3. The monoisotopic (exact) mass is 511 g/mol. The normalized spacial score (nSPS) is 18.5. The lowest BCUT2D eigenvalue weighted by atomic mass is 9.96. The van der Waals surface area contributed by atoms with E-state index in [1.54, 1.807) is 17.4 Å². The zero-order valence-corrected chi connectivity index (χ0v) is 20.4. The van der Waals surface area contributed by atoms with E-state index < -0.39 is 0 Å². The van der Waals surface area contributed by atoms with Crippen molar-refractivity contribution < 1.29 is 23.4 Å². The topological polar surface area (TPSA) is 104 Å². The summed E-state index contributed by atoms with van der Waals surface area (Å²) in [5, 5.41) is 12.2. The van der Waals surface area contributed by atoms with Gasteiger partial charge in [0.1, 0.15) is 43.2 Å². The highest BCUT2D eigenvalue weighted by Crippen LogP contribution is 2.34. The van der Waals surface area contributed by atoms with Crippen LogP contribution in [0.15, 0.2) is 120 Å². The van der Waals surface area contributed by atoms with Crippen LogP contribution in [-0.4, -0.2) is 21.2 Å². The van der Waals surface area contributed by atoms with E-state index in [0.29, 0.717) is 28.9 Å². The first-order chi connectivity index (χ1) is 18.9. The van der Waals surface area contributed by atoms with Crippen LogP contribution in [0.3, 0.4) is 0 Å². The van der Waals surface area contributed by atoms with Gasteiger partial charge in [-0.25, -0.2) is 9.88 Å². The molecule has 1 unspecified atom stereocenters. The molecule has 2 aromatic rings. The fraction of sp³-hybridized carbons (Fsp3) is 0.179. The number of hydrogen-bond donors (Lipinski definition) is 1. The van der Waals surface area contributed by atoms with E-state index in [2.05, 4.69) is 38.7 Å². The minimum atomic E-state index is -0.304. The summed E-state index contributed by atoms with van der Waals surface area (Å²) in [6.45, 7) is 0. The predicted octanol–water partition coefficient (Wildman–Crippen LogP) is 5.91. The number of hydrogen-bond acceptors (Lipinski definition) is 10. The second kappa shape index (κ2) is 11.0. The van der Waals surface area contributed by atoms with E-state index in [4.69, 9.17) is 23.4 Å². The van der Waals surface area contributed by atoms with Gasteiger partial charge in [0.2, 0.25) is 5.88 Å². The zero-order valence-electron chi connectivity index (χ0n) is 20.4. The van der Waals surface area contributed by atoms with Crippen LogP contribution >= 0.6 is 0 Å². The van der Waals surface area contributed by atoms with Gasteiger partial charge in [0, 0.05) is 11.9 Å². The standard InChI is InChI=1S/C28H25N5O5/c1-3-8-20(9-4-1)25(23-18-34-14-16-36-23)30-26-22(12-7-13-29-26)27-31-32-28(38-27)33(21-10-5-2-6-11-21)24-19-35-15-17-37-24/h1-3,5,7-8,10,12-19,25H,4,6,9,11H2,(H,29,30). The molecular weight excluding hydrogens is 486 g/mol. The Labute approximate surface area is 219 Å². The van der Waals surface area contributed by atoms with Gasteiger partial charge >= 0.3 is 6.01 Å². The van der Waals surface area contributed by atoms with Crippen LogP contribution in [0.4, 0.5) is 11.8 Å². The molecule has 0 radical (unpaired) electrons. The lowest BCUT2D eigenvalue weighted by Gasteiger charge is -2.26. The van der Waals surface area contributed by atoms with Crippen molar-refractivity contribution in [2.75, 3.05) is 10.2 Å². The smallest absolute Gasteiger partial charge is 0.330 e. The molecule has 2 aliphatic carbocycles. The largest absolute Gasteiger partial charge is 0.466 e. The fourth-order valence-corrected chi connectivity index (χ4v) is 4.36. The Hall–Kier alpha value is -4.99. The van der Waals surface area contributed by atoms with Crippen molar-refractivity contribution >= 4 is 11.8 Å². The Morgan fingerprint density at radius 2 is 1.74 bits per heavy atom. The molecule has 1 atom stereocenters. The maximum Gasteiger partial charge on any atom is 0.330 e. The molecule has 0 bridgehead atoms. The van der Waals surface area contributed by atoms with Gasteiger partial charge in [0.25, 0.3) is 5.89 Å². The average Bonchev–Trinajstić information content (AvgIpc) is 3.48. The lowest BCUT2D eigenvalue weighted by Crippen LogP contribution is -2.27. The maximum absolute atomic E-state index is 6.20. The van der Waals surface area contributed by atoms with Crippen LogP contribution in [0.5, 0.6) is 0 Å². The minimum Gasteiger partial charge on any atom is -0.466 e. The van der Waals surface area contributed by atoms with Crippen molar-refractivity contribution in [3.8, 4) is 11.5 Å². The summed E-state index contributed by atoms with van der Waals surface area (Å²) in [7, 11) is 0. The maximum atomic E-state index is 6.20. The molecule has 2 aromatic heterocycles. The van der Waals surface area contributed by atoms with Gasteiger partial charge in [-0.05, 0) is 49.5 Å². The van der Waals surface area contributed by atoms with E-state index >= 15 is 0 Å². The molecule has 2 aliphatic heterocycles. The van der Waals surface area contributed by atoms with Crippen LogP contribution in [0.1, 0.15) is 25.7 Å². The fourth-order valence-electron chi connectivity index (χ4n) is 4.36. The van der Waals surface area contributed by atoms with Crippen LogP contribution < -0.4 is 10.2 Å². The third kappa shape index (κ3) is 4.96. The number of pyridine rings is 1. The van der Waals surface area contributed by atoms with Crippen LogP contribution in [0.2, 0.25) is 0 Å². The van der Waals surface area contributed by atoms with Gasteiger partial charge in [-0.3, -0.25) is 0 Å². The molecule has 4 aliphatic rings. The highest BCUT2D eigenvalue weighted by Gasteiger charge is 2.28. The molecule has 6 rings (SSSR count). The van der Waals surface area contributed by atoms with Gasteiger partial charge < -0.3 is 28.7 Å². The summed E-state index contributed by atoms with van der Waals surface area (Å²) in [6.07, 6.45) is 26.5. The number of nitrogens with one attached hydrogen (secondary N) is 1. The summed E-state index contributed by atoms with van der Waals surface area (Å²) in [5.41, 5.74) is 2.71. The quantitative estimate of drug-likeness (QED) is 0.460. The Morgan fingerprint density at radius 3 is 2.47 bits per heavy atom. The Morgan fingerprint density at radius 1 is 0.895 bits per heavy atom. The molecule has 0 saturated heterocycles. The molecule has 4 heterocycles. The molecular formula is C28H25N5O5. The third-order valence-corrected chi connectivity index (χ3v) is 6.14. The van der Waals surface area contributed by atoms with Gasteiger partial charge in [-0.15, -0.1) is 5.10 Å². The second-order valence-electron chi connectivity index (χ2n) is 8.56. The van der Waals surface area contributed by atoms with Crippen LogP contribution in [0, 0.1) is 0 Å². The SMILES string of the molecule is C1=CCCC(C(Nc2ncccc2-c2nnc(N(C3=CC=CCC3)C3=COC=CO3)o2)C2=COC=CO2)=C1. The zero-order chi connectivity index (χ0) is 25.6. The second-order valence-corrected chi connectivity index (χ2v) is 8.56. The van der Waals surface area contributed by atoms with E-state index in [1.165, 1.54) is 31.3 Å². The van der Waals surface area contributed by atoms with E-state index in [0.717, 1.165) is 37.0 Å². The molecule has 0 fully saturated rings. The van der Waals surface area contributed by atoms with Crippen molar-refractivity contribution in [1.82, 2.24) is 15.2 Å². The Kier molecular flexibility index (Phi) is 6.75. The number of allylic oxidation sites excluding steroid dienone is 7. The molecule has 10 heteroatoms. The number of aromatic nitrogens is 3. The van der Waals surface area contributed by atoms with E-state index in [-0.39, 0.29) is 12.1 Å². The minimum absolute atomic E-state index is 0.245. The van der Waals surface area contributed by atoms with Gasteiger partial charge in [0.15, 0.2) is 12.0 Å². The Balaban J connectivity index is 1.33. The summed E-state index contributed by atoms with van der Waals surface area (Å²) < 4.78 is 28.4. The van der Waals surface area contributed by atoms with Crippen molar-refractivity contribution in [2.24, 2.45) is 0 Å². The van der Waals surface area contributed by atoms with Crippen molar-refractivity contribution in [3.05, 3.63) is 115 Å². The van der Waals surface area contributed by atoms with Gasteiger partial charge in [-0.2, -0.15) is 0 Å². The molecule has 192 valence electrons. The predicted molar refractivity (Wildman–Crippen MR) is 139 cm³/mol. The number of rotatable bonds is 8. The average molecular weight is 512 g/mol. The summed E-state index contributed by atoms with van der Waals surface area (Å²) in [6, 6.07) is 3.64. The number of anilines is 2. The first-order valence-electron chi connectivity index (χ1n) is 12.3. The van der Waals surface area contributed by atoms with Crippen molar-refractivity contribution in [3.63, 3.8) is 0 Å². The summed E-state index contributed by atoms with van der Waals surface area (Å²) in [5.74, 6) is 1.90. The molecule has 0 amide bonds. The van der Waals surface area contributed by atoms with Crippen LogP contribution in [0.25, 0.3) is 11.5 Å². The first kappa shape index (κ1) is 23.4. The summed E-state index contributed by atoms with van der Waals surface area (Å²) >= 11 is 0. The molecule has 0 aromatic carbocycles. The molecule has 38 heavy (non-hydrogen) atoms. The lowest BCUT2D eigenvalue weighted by molar-refractivity contribution is 0.245. The van der Waals surface area contributed by atoms with Crippen molar-refractivity contribution in [1.29, 1.82) is 0 Å². The molecule has 0 saturated carbocycles. The Bertz CT molecular complexity index is 1430. The number of ether oxygens (including phenoxy) is 4. The molecule has 1 N–H and O–H groups in total. The van der Waals surface area contributed by atoms with E-state index in [1.807, 2.05) is 30.4 Å². The van der Waals surface area contributed by atoms with Crippen molar-refractivity contribution in [2.45, 2.75) is 31.7 Å². The van der Waals surface area contributed by atoms with Crippen LogP contribution in [-0.2, 0) is 18.9 Å². The highest BCUT2D eigenvalue weighted by molar-refractivity contribution is 5.70. The molecule has 0 spiro atoms. The van der Waals surface area contributed by atoms with Gasteiger partial charge in [0.05, 0.1) is 5.56 Å².